The second-order valence-electron chi connectivity index (χ2n) is 4.39. The molecular formula is C14H15F3N2OS. The monoisotopic (exact) mass is 316 g/mol. The van der Waals surface area contributed by atoms with E-state index in [2.05, 4.69) is 22.0 Å². The van der Waals surface area contributed by atoms with Crippen molar-refractivity contribution >= 4 is 11.3 Å². The molecule has 0 atom stereocenters. The quantitative estimate of drug-likeness (QED) is 0.811. The summed E-state index contributed by atoms with van der Waals surface area (Å²) < 4.78 is 40.1. The molecule has 0 saturated carbocycles. The Morgan fingerprint density at radius 2 is 1.95 bits per heavy atom. The van der Waals surface area contributed by atoms with Gasteiger partial charge in [0.15, 0.2) is 0 Å². The number of ether oxygens (including phenoxy) is 1. The van der Waals surface area contributed by atoms with Gasteiger partial charge in [0.05, 0.1) is 5.69 Å². The highest BCUT2D eigenvalue weighted by atomic mass is 32.1. The van der Waals surface area contributed by atoms with Crippen LogP contribution in [0.15, 0.2) is 29.6 Å². The number of aromatic nitrogens is 1. The molecule has 0 unspecified atom stereocenters. The van der Waals surface area contributed by atoms with E-state index in [0.29, 0.717) is 6.54 Å². The van der Waals surface area contributed by atoms with Crippen molar-refractivity contribution in [2.45, 2.75) is 26.3 Å². The van der Waals surface area contributed by atoms with Crippen LogP contribution < -0.4 is 10.1 Å². The molecule has 2 aromatic rings. The Hall–Kier alpha value is -1.60. The summed E-state index contributed by atoms with van der Waals surface area (Å²) in [5, 5.41) is 5.97. The van der Waals surface area contributed by atoms with Gasteiger partial charge in [0, 0.05) is 17.5 Å². The molecule has 0 amide bonds. The molecule has 1 aromatic carbocycles. The van der Waals surface area contributed by atoms with Crippen LogP contribution in [-0.4, -0.2) is 17.9 Å². The van der Waals surface area contributed by atoms with Crippen LogP contribution in [0.5, 0.6) is 5.75 Å². The molecule has 21 heavy (non-hydrogen) atoms. The maximum atomic E-state index is 12.1. The summed E-state index contributed by atoms with van der Waals surface area (Å²) in [7, 11) is 0. The van der Waals surface area contributed by atoms with Crippen molar-refractivity contribution in [3.05, 3.63) is 35.3 Å². The van der Waals surface area contributed by atoms with Gasteiger partial charge < -0.3 is 10.1 Å². The normalized spacial score (nSPS) is 11.6. The predicted molar refractivity (Wildman–Crippen MR) is 76.2 cm³/mol. The van der Waals surface area contributed by atoms with Crippen molar-refractivity contribution in [3.8, 4) is 16.3 Å². The predicted octanol–water partition coefficient (Wildman–Crippen LogP) is 4.21. The zero-order chi connectivity index (χ0) is 15.3. The molecule has 0 aliphatic rings. The first-order valence-electron chi connectivity index (χ1n) is 6.49. The molecule has 1 N–H and O–H groups in total. The fraction of sp³-hybridized carbons (Fsp3) is 0.357. The number of nitrogens with one attached hydrogen (secondary N) is 1. The Balaban J connectivity index is 2.02. The maximum absolute atomic E-state index is 12.1. The minimum absolute atomic E-state index is 0.229. The SMILES string of the molecule is CCCNCc1csc(-c2ccc(OC(F)(F)F)cc2)n1. The number of benzene rings is 1. The Bertz CT molecular complexity index is 566. The molecule has 0 radical (unpaired) electrons. The van der Waals surface area contributed by atoms with Gasteiger partial charge in [-0.3, -0.25) is 0 Å². The third-order valence-corrected chi connectivity index (χ3v) is 3.56. The summed E-state index contributed by atoms with van der Waals surface area (Å²) in [6.45, 7) is 3.71. The summed E-state index contributed by atoms with van der Waals surface area (Å²) in [5.74, 6) is -0.229. The number of nitrogens with zero attached hydrogens (tertiary/aromatic N) is 1. The van der Waals surface area contributed by atoms with Crippen LogP contribution in [0.3, 0.4) is 0 Å². The summed E-state index contributed by atoms with van der Waals surface area (Å²) in [5.41, 5.74) is 1.70. The number of hydrogen-bond acceptors (Lipinski definition) is 4. The summed E-state index contributed by atoms with van der Waals surface area (Å²) in [6, 6.07) is 5.73. The van der Waals surface area contributed by atoms with Crippen molar-refractivity contribution in [2.24, 2.45) is 0 Å². The average Bonchev–Trinajstić information content (AvgIpc) is 2.87. The van der Waals surface area contributed by atoms with Gasteiger partial charge in [0.25, 0.3) is 0 Å². The van der Waals surface area contributed by atoms with Crippen molar-refractivity contribution < 1.29 is 17.9 Å². The first-order valence-corrected chi connectivity index (χ1v) is 7.37. The highest BCUT2D eigenvalue weighted by Crippen LogP contribution is 2.28. The number of thiazole rings is 1. The summed E-state index contributed by atoms with van der Waals surface area (Å²) in [6.07, 6.45) is -3.61. The number of alkyl halides is 3. The Morgan fingerprint density at radius 3 is 2.57 bits per heavy atom. The van der Waals surface area contributed by atoms with Gasteiger partial charge in [-0.15, -0.1) is 24.5 Å². The fourth-order valence-electron chi connectivity index (χ4n) is 1.71. The molecule has 0 bridgehead atoms. The van der Waals surface area contributed by atoms with Crippen LogP contribution >= 0.6 is 11.3 Å². The van der Waals surface area contributed by atoms with Crippen LogP contribution in [0.25, 0.3) is 10.6 Å². The lowest BCUT2D eigenvalue weighted by Crippen LogP contribution is -2.16. The van der Waals surface area contributed by atoms with Crippen molar-refractivity contribution in [2.75, 3.05) is 6.54 Å². The second kappa shape index (κ2) is 6.91. The van der Waals surface area contributed by atoms with E-state index >= 15 is 0 Å². The summed E-state index contributed by atoms with van der Waals surface area (Å²) >= 11 is 1.47. The number of rotatable bonds is 6. The van der Waals surface area contributed by atoms with E-state index in [1.165, 1.54) is 23.5 Å². The van der Waals surface area contributed by atoms with Gasteiger partial charge >= 0.3 is 6.36 Å². The van der Waals surface area contributed by atoms with Crippen molar-refractivity contribution in [1.29, 1.82) is 0 Å². The van der Waals surface area contributed by atoms with E-state index in [1.54, 1.807) is 12.1 Å². The van der Waals surface area contributed by atoms with Gasteiger partial charge in [0.2, 0.25) is 0 Å². The van der Waals surface area contributed by atoms with E-state index < -0.39 is 6.36 Å². The first-order chi connectivity index (χ1) is 9.98. The Labute approximate surface area is 124 Å². The molecule has 1 aromatic heterocycles. The van der Waals surface area contributed by atoms with Crippen LogP contribution in [0.2, 0.25) is 0 Å². The zero-order valence-corrected chi connectivity index (χ0v) is 12.2. The molecule has 0 aliphatic carbocycles. The highest BCUT2D eigenvalue weighted by Gasteiger charge is 2.30. The standard InChI is InChI=1S/C14H15F3N2OS/c1-2-7-18-8-11-9-21-13(19-11)10-3-5-12(6-4-10)20-14(15,16)17/h3-6,9,18H,2,7-8H2,1H3. The van der Waals surface area contributed by atoms with Crippen LogP contribution in [0.4, 0.5) is 13.2 Å². The molecule has 0 fully saturated rings. The van der Waals surface area contributed by atoms with Crippen molar-refractivity contribution in [1.82, 2.24) is 10.3 Å². The van der Waals surface area contributed by atoms with Gasteiger partial charge in [-0.1, -0.05) is 6.92 Å². The van der Waals surface area contributed by atoms with E-state index in [9.17, 15) is 13.2 Å². The van der Waals surface area contributed by atoms with E-state index in [-0.39, 0.29) is 5.75 Å². The molecule has 3 nitrogen and oxygen atoms in total. The third-order valence-electron chi connectivity index (χ3n) is 2.62. The van der Waals surface area contributed by atoms with Gasteiger partial charge in [-0.05, 0) is 37.2 Å². The zero-order valence-electron chi connectivity index (χ0n) is 11.4. The van der Waals surface area contributed by atoms with Crippen LogP contribution in [0.1, 0.15) is 19.0 Å². The van der Waals surface area contributed by atoms with Crippen molar-refractivity contribution in [3.63, 3.8) is 0 Å². The smallest absolute Gasteiger partial charge is 0.406 e. The van der Waals surface area contributed by atoms with E-state index in [4.69, 9.17) is 0 Å². The Kier molecular flexibility index (Phi) is 5.19. The van der Waals surface area contributed by atoms with E-state index in [1.807, 2.05) is 5.38 Å². The maximum Gasteiger partial charge on any atom is 0.573 e. The van der Waals surface area contributed by atoms with Crippen LogP contribution in [-0.2, 0) is 6.54 Å². The molecule has 0 saturated heterocycles. The molecule has 0 spiro atoms. The molecule has 7 heteroatoms. The van der Waals surface area contributed by atoms with Gasteiger partial charge in [0.1, 0.15) is 10.8 Å². The molecule has 1 heterocycles. The minimum Gasteiger partial charge on any atom is -0.406 e. The average molecular weight is 316 g/mol. The molecule has 0 aliphatic heterocycles. The lowest BCUT2D eigenvalue weighted by molar-refractivity contribution is -0.274. The lowest BCUT2D eigenvalue weighted by Gasteiger charge is -2.08. The van der Waals surface area contributed by atoms with Gasteiger partial charge in [-0.2, -0.15) is 0 Å². The molecule has 114 valence electrons. The minimum atomic E-state index is -4.67. The molecule has 2 rings (SSSR count). The number of hydrogen-bond donors (Lipinski definition) is 1. The topological polar surface area (TPSA) is 34.1 Å². The second-order valence-corrected chi connectivity index (χ2v) is 5.25. The highest BCUT2D eigenvalue weighted by molar-refractivity contribution is 7.13. The van der Waals surface area contributed by atoms with Crippen LogP contribution in [0, 0.1) is 0 Å². The first kappa shape index (κ1) is 15.8. The largest absolute Gasteiger partial charge is 0.573 e. The lowest BCUT2D eigenvalue weighted by atomic mass is 10.2. The van der Waals surface area contributed by atoms with E-state index in [0.717, 1.165) is 29.2 Å². The third kappa shape index (κ3) is 5.02. The fourth-order valence-corrected chi connectivity index (χ4v) is 2.54. The Morgan fingerprint density at radius 1 is 1.24 bits per heavy atom. The number of halogens is 3. The summed E-state index contributed by atoms with van der Waals surface area (Å²) in [4.78, 5) is 4.45. The van der Waals surface area contributed by atoms with Gasteiger partial charge in [-0.25, -0.2) is 4.98 Å². The molecular weight excluding hydrogens is 301 g/mol.